The normalized spacial score (nSPS) is 23.0. The molecular weight excluding hydrogens is 188 g/mol. The van der Waals surface area contributed by atoms with E-state index >= 15 is 0 Å². The predicted molar refractivity (Wildman–Crippen MR) is 64.0 cm³/mol. The molecule has 0 amide bonds. The molecule has 3 nitrogen and oxygen atoms in total. The Morgan fingerprint density at radius 2 is 2.00 bits per heavy atom. The zero-order chi connectivity index (χ0) is 11.3. The van der Waals surface area contributed by atoms with Gasteiger partial charge in [0.2, 0.25) is 0 Å². The van der Waals surface area contributed by atoms with Gasteiger partial charge < -0.3 is 15.4 Å². The molecule has 0 aliphatic carbocycles. The van der Waals surface area contributed by atoms with Crippen LogP contribution in [0.15, 0.2) is 0 Å². The highest BCUT2D eigenvalue weighted by molar-refractivity contribution is 4.89. The molecule has 0 spiro atoms. The van der Waals surface area contributed by atoms with Crippen LogP contribution in [0.4, 0.5) is 0 Å². The van der Waals surface area contributed by atoms with Crippen LogP contribution in [0.25, 0.3) is 0 Å². The Morgan fingerprint density at radius 3 is 2.53 bits per heavy atom. The molecule has 2 N–H and O–H groups in total. The molecule has 1 heterocycles. The Morgan fingerprint density at radius 1 is 1.40 bits per heavy atom. The Bertz CT molecular complexity index is 178. The second-order valence-corrected chi connectivity index (χ2v) is 5.03. The summed E-state index contributed by atoms with van der Waals surface area (Å²) in [6.07, 6.45) is 4.49. The highest BCUT2D eigenvalue weighted by Gasteiger charge is 2.30. The van der Waals surface area contributed by atoms with Crippen molar-refractivity contribution in [2.24, 2.45) is 5.73 Å². The van der Waals surface area contributed by atoms with Gasteiger partial charge in [-0.15, -0.1) is 0 Å². The zero-order valence-corrected chi connectivity index (χ0v) is 10.5. The number of nitrogens with zero attached hydrogens (tertiary/aromatic N) is 1. The van der Waals surface area contributed by atoms with Crippen LogP contribution in [0.3, 0.4) is 0 Å². The van der Waals surface area contributed by atoms with Crippen LogP contribution < -0.4 is 5.73 Å². The van der Waals surface area contributed by atoms with Gasteiger partial charge in [0.05, 0.1) is 0 Å². The second kappa shape index (κ2) is 5.83. The molecule has 1 saturated heterocycles. The molecule has 0 aromatic carbocycles. The number of hydrogen-bond donors (Lipinski definition) is 1. The predicted octanol–water partition coefficient (Wildman–Crippen LogP) is 1.61. The molecule has 1 rings (SSSR count). The van der Waals surface area contributed by atoms with Crippen LogP contribution in [0.1, 0.15) is 39.5 Å². The smallest absolute Gasteiger partial charge is 0.0484 e. The average Bonchev–Trinajstić information content (AvgIpc) is 2.18. The van der Waals surface area contributed by atoms with Crippen molar-refractivity contribution in [2.45, 2.75) is 51.1 Å². The molecular formula is C12H26N2O. The molecule has 1 aliphatic rings. The first kappa shape index (κ1) is 12.9. The first-order chi connectivity index (χ1) is 7.07. The molecule has 90 valence electrons. The summed E-state index contributed by atoms with van der Waals surface area (Å²) in [5.41, 5.74) is 6.35. The lowest BCUT2D eigenvalue weighted by molar-refractivity contribution is 0.0359. The summed E-state index contributed by atoms with van der Waals surface area (Å²) in [7, 11) is 2.18. The highest BCUT2D eigenvalue weighted by atomic mass is 16.5. The van der Waals surface area contributed by atoms with Crippen LogP contribution in [0.5, 0.6) is 0 Å². The quantitative estimate of drug-likeness (QED) is 0.755. The van der Waals surface area contributed by atoms with Gasteiger partial charge in [0, 0.05) is 31.3 Å². The molecule has 1 atom stereocenters. The van der Waals surface area contributed by atoms with Crippen LogP contribution in [-0.2, 0) is 4.74 Å². The van der Waals surface area contributed by atoms with E-state index in [1.807, 2.05) is 0 Å². The van der Waals surface area contributed by atoms with Gasteiger partial charge in [-0.25, -0.2) is 0 Å². The van der Waals surface area contributed by atoms with Crippen LogP contribution >= 0.6 is 0 Å². The first-order valence-corrected chi connectivity index (χ1v) is 6.14. The fourth-order valence-corrected chi connectivity index (χ4v) is 2.23. The fraction of sp³-hybridized carbons (Fsp3) is 1.00. The lowest BCUT2D eigenvalue weighted by Crippen LogP contribution is -2.54. The molecule has 0 aromatic rings. The SMILES string of the molecule is CCCC(C)N(C)CC1(N)CCOCC1. The highest BCUT2D eigenvalue weighted by Crippen LogP contribution is 2.20. The van der Waals surface area contributed by atoms with E-state index in [0.29, 0.717) is 6.04 Å². The van der Waals surface area contributed by atoms with Gasteiger partial charge in [-0.05, 0) is 33.2 Å². The van der Waals surface area contributed by atoms with E-state index in [0.717, 1.165) is 32.6 Å². The number of hydrogen-bond acceptors (Lipinski definition) is 3. The third-order valence-corrected chi connectivity index (χ3v) is 3.51. The Kier molecular flexibility index (Phi) is 5.03. The summed E-state index contributed by atoms with van der Waals surface area (Å²) in [4.78, 5) is 2.40. The van der Waals surface area contributed by atoms with E-state index in [9.17, 15) is 0 Å². The number of rotatable bonds is 5. The van der Waals surface area contributed by atoms with Crippen molar-refractivity contribution in [1.82, 2.24) is 4.90 Å². The van der Waals surface area contributed by atoms with E-state index in [1.54, 1.807) is 0 Å². The fourth-order valence-electron chi connectivity index (χ4n) is 2.23. The van der Waals surface area contributed by atoms with Crippen molar-refractivity contribution in [3.05, 3.63) is 0 Å². The molecule has 3 heteroatoms. The maximum atomic E-state index is 6.37. The maximum Gasteiger partial charge on any atom is 0.0484 e. The summed E-state index contributed by atoms with van der Waals surface area (Å²) in [5.74, 6) is 0. The van der Waals surface area contributed by atoms with E-state index in [2.05, 4.69) is 25.8 Å². The van der Waals surface area contributed by atoms with Crippen LogP contribution in [0.2, 0.25) is 0 Å². The summed E-state index contributed by atoms with van der Waals surface area (Å²) < 4.78 is 5.36. The van der Waals surface area contributed by atoms with Crippen molar-refractivity contribution in [2.75, 3.05) is 26.8 Å². The van der Waals surface area contributed by atoms with E-state index in [-0.39, 0.29) is 5.54 Å². The minimum atomic E-state index is -0.0188. The molecule has 1 unspecified atom stereocenters. The third kappa shape index (κ3) is 4.09. The first-order valence-electron chi connectivity index (χ1n) is 6.14. The summed E-state index contributed by atoms with van der Waals surface area (Å²) in [5, 5.41) is 0. The minimum Gasteiger partial charge on any atom is -0.381 e. The molecule has 0 bridgehead atoms. The summed E-state index contributed by atoms with van der Waals surface area (Å²) >= 11 is 0. The largest absolute Gasteiger partial charge is 0.381 e. The monoisotopic (exact) mass is 214 g/mol. The van der Waals surface area contributed by atoms with E-state index in [1.165, 1.54) is 12.8 Å². The zero-order valence-electron chi connectivity index (χ0n) is 10.5. The second-order valence-electron chi connectivity index (χ2n) is 5.03. The maximum absolute atomic E-state index is 6.37. The Labute approximate surface area is 94.0 Å². The van der Waals surface area contributed by atoms with Gasteiger partial charge in [-0.3, -0.25) is 0 Å². The summed E-state index contributed by atoms with van der Waals surface area (Å²) in [6, 6.07) is 0.637. The number of likely N-dealkylation sites (N-methyl/N-ethyl adjacent to an activating group) is 1. The molecule has 1 aliphatic heterocycles. The van der Waals surface area contributed by atoms with Crippen molar-refractivity contribution in [1.29, 1.82) is 0 Å². The van der Waals surface area contributed by atoms with Gasteiger partial charge >= 0.3 is 0 Å². The van der Waals surface area contributed by atoms with Crippen LogP contribution in [0, 0.1) is 0 Å². The number of nitrogens with two attached hydrogens (primary N) is 1. The van der Waals surface area contributed by atoms with Crippen molar-refractivity contribution in [3.8, 4) is 0 Å². The molecule has 0 aromatic heterocycles. The third-order valence-electron chi connectivity index (χ3n) is 3.51. The lowest BCUT2D eigenvalue weighted by atomic mass is 9.90. The Balaban J connectivity index is 2.37. The van der Waals surface area contributed by atoms with Gasteiger partial charge in [-0.2, -0.15) is 0 Å². The topological polar surface area (TPSA) is 38.5 Å². The molecule has 0 radical (unpaired) electrons. The average molecular weight is 214 g/mol. The standard InChI is InChI=1S/C12H26N2O/c1-4-5-11(2)14(3)10-12(13)6-8-15-9-7-12/h11H,4-10,13H2,1-3H3. The molecule has 1 fully saturated rings. The van der Waals surface area contributed by atoms with Gasteiger partial charge in [0.25, 0.3) is 0 Å². The van der Waals surface area contributed by atoms with Gasteiger partial charge in [0.1, 0.15) is 0 Å². The van der Waals surface area contributed by atoms with Crippen molar-refractivity contribution >= 4 is 0 Å². The minimum absolute atomic E-state index is 0.0188. The van der Waals surface area contributed by atoms with E-state index in [4.69, 9.17) is 10.5 Å². The lowest BCUT2D eigenvalue weighted by Gasteiger charge is -2.38. The van der Waals surface area contributed by atoms with Crippen molar-refractivity contribution < 1.29 is 4.74 Å². The van der Waals surface area contributed by atoms with Gasteiger partial charge in [-0.1, -0.05) is 13.3 Å². The molecule has 15 heavy (non-hydrogen) atoms. The Hall–Kier alpha value is -0.120. The van der Waals surface area contributed by atoms with Gasteiger partial charge in [0.15, 0.2) is 0 Å². The van der Waals surface area contributed by atoms with Crippen molar-refractivity contribution in [3.63, 3.8) is 0 Å². The van der Waals surface area contributed by atoms with E-state index < -0.39 is 0 Å². The number of ether oxygens (including phenoxy) is 1. The molecule has 0 saturated carbocycles. The summed E-state index contributed by atoms with van der Waals surface area (Å²) in [6.45, 7) is 7.17. The van der Waals surface area contributed by atoms with Crippen LogP contribution in [-0.4, -0.2) is 43.3 Å².